The molecule has 0 radical (unpaired) electrons. The molecule has 5 nitrogen and oxygen atoms in total. The maximum atomic E-state index is 17.5. The average Bonchev–Trinajstić information content (AvgIpc) is 3.33. The molecule has 6 rings (SSSR count). The monoisotopic (exact) mass is 560 g/mol. The molecule has 1 N–H and O–H groups in total. The second kappa shape index (κ2) is 8.74. The van der Waals surface area contributed by atoms with E-state index in [2.05, 4.69) is 0 Å². The predicted molar refractivity (Wildman–Crippen MR) is 140 cm³/mol. The zero-order chi connectivity index (χ0) is 29.0. The Morgan fingerprint density at radius 1 is 1.12 bits per heavy atom. The van der Waals surface area contributed by atoms with Gasteiger partial charge in [-0.05, 0) is 78.9 Å². The van der Waals surface area contributed by atoms with Crippen LogP contribution < -0.4 is 0 Å². The number of hydrogen-bond acceptors (Lipinski definition) is 4. The van der Waals surface area contributed by atoms with E-state index in [1.165, 1.54) is 35.3 Å². The van der Waals surface area contributed by atoms with Gasteiger partial charge in [0, 0.05) is 51.1 Å². The summed E-state index contributed by atoms with van der Waals surface area (Å²) in [4.78, 5) is 29.8. The molecular formula is C31H36F4N2O3. The van der Waals surface area contributed by atoms with Crippen molar-refractivity contribution >= 4 is 11.7 Å². The standard InChI is InChI=1S/C31H36F4N2O3/c1-28-6-5-21(38)11-24(28)25(34)12-23-22-9-18-15-37(14-17-7-19(32)10-20(33)8-17)16-30(18,27(40)36(3)4)29(22,2)13-26(39)31(23,28)35/h5-8,10-11,18,22-23,25-26,39H,9,12-16H2,1-4H3. The lowest BCUT2D eigenvalue weighted by molar-refractivity contribution is -0.213. The van der Waals surface area contributed by atoms with Gasteiger partial charge in [-0.2, -0.15) is 0 Å². The SMILES string of the molecule is CN(C)C(=O)C12CN(Cc3cc(F)cc(F)c3)CC1CC1C3CC(F)C4=CC(=O)C=CC4(C)C3(F)C(O)CC12C. The first kappa shape index (κ1) is 27.6. The lowest BCUT2D eigenvalue weighted by Crippen LogP contribution is -2.70. The normalized spacial score (nSPS) is 44.0. The molecule has 9 heteroatoms. The second-order valence-electron chi connectivity index (χ2n) is 13.4. The second-order valence-corrected chi connectivity index (χ2v) is 13.4. The Labute approximate surface area is 231 Å². The van der Waals surface area contributed by atoms with Gasteiger partial charge in [0.15, 0.2) is 11.5 Å². The van der Waals surface area contributed by atoms with E-state index in [4.69, 9.17) is 0 Å². The van der Waals surface area contributed by atoms with Crippen LogP contribution in [0.3, 0.4) is 0 Å². The first-order chi connectivity index (χ1) is 18.7. The third kappa shape index (κ3) is 3.39. The van der Waals surface area contributed by atoms with Crippen molar-refractivity contribution in [1.82, 2.24) is 9.80 Å². The van der Waals surface area contributed by atoms with E-state index < -0.39 is 57.5 Å². The fraction of sp³-hybridized carbons (Fsp3) is 0.613. The molecule has 0 bridgehead atoms. The van der Waals surface area contributed by atoms with Crippen LogP contribution in [0.15, 0.2) is 42.0 Å². The van der Waals surface area contributed by atoms with Crippen LogP contribution in [0, 0.1) is 45.6 Å². The molecule has 4 fully saturated rings. The molecule has 40 heavy (non-hydrogen) atoms. The highest BCUT2D eigenvalue weighted by Crippen LogP contribution is 2.74. The molecule has 3 saturated carbocycles. The molecule has 216 valence electrons. The summed E-state index contributed by atoms with van der Waals surface area (Å²) in [5.41, 5.74) is -5.00. The molecule has 9 atom stereocenters. The molecule has 5 aliphatic rings. The largest absolute Gasteiger partial charge is 0.390 e. The Kier molecular flexibility index (Phi) is 6.04. The number of amides is 1. The minimum atomic E-state index is -2.21. The number of ketones is 1. The molecule has 1 aliphatic heterocycles. The van der Waals surface area contributed by atoms with Crippen molar-refractivity contribution < 1.29 is 32.3 Å². The Morgan fingerprint density at radius 2 is 1.80 bits per heavy atom. The van der Waals surface area contributed by atoms with Crippen LogP contribution in [-0.4, -0.2) is 71.7 Å². The van der Waals surface area contributed by atoms with Gasteiger partial charge in [-0.1, -0.05) is 13.0 Å². The number of rotatable bonds is 3. The quantitative estimate of drug-likeness (QED) is 0.557. The summed E-state index contributed by atoms with van der Waals surface area (Å²) in [7, 11) is 3.35. The van der Waals surface area contributed by atoms with Crippen LogP contribution in [0.4, 0.5) is 17.6 Å². The molecule has 0 aromatic heterocycles. The number of carbonyl (C=O) groups excluding carboxylic acids is 2. The third-order valence-corrected chi connectivity index (χ3v) is 11.3. The zero-order valence-corrected chi connectivity index (χ0v) is 23.3. The number of allylic oxidation sites excluding steroid dienone is 4. The van der Waals surface area contributed by atoms with E-state index in [1.54, 1.807) is 21.0 Å². The summed E-state index contributed by atoms with van der Waals surface area (Å²) >= 11 is 0. The minimum absolute atomic E-state index is 0.00475. The smallest absolute Gasteiger partial charge is 0.230 e. The molecule has 0 spiro atoms. The number of nitrogens with zero attached hydrogens (tertiary/aromatic N) is 2. The fourth-order valence-corrected chi connectivity index (χ4v) is 9.71. The Hall–Kier alpha value is -2.52. The Morgan fingerprint density at radius 3 is 2.45 bits per heavy atom. The number of fused-ring (bicyclic) bond motifs is 7. The van der Waals surface area contributed by atoms with Crippen LogP contribution in [0.5, 0.6) is 0 Å². The van der Waals surface area contributed by atoms with Crippen molar-refractivity contribution in [2.45, 2.75) is 57.6 Å². The molecule has 1 aromatic carbocycles. The van der Waals surface area contributed by atoms with E-state index >= 15 is 8.78 Å². The first-order valence-corrected chi connectivity index (χ1v) is 14.0. The molecule has 1 aromatic rings. The summed E-state index contributed by atoms with van der Waals surface area (Å²) in [6.45, 7) is 4.50. The van der Waals surface area contributed by atoms with Gasteiger partial charge in [-0.25, -0.2) is 17.6 Å². The van der Waals surface area contributed by atoms with Gasteiger partial charge in [0.1, 0.15) is 17.8 Å². The number of hydrogen-bond donors (Lipinski definition) is 1. The van der Waals surface area contributed by atoms with Crippen LogP contribution in [0.1, 0.15) is 38.7 Å². The topological polar surface area (TPSA) is 60.9 Å². The molecule has 9 unspecified atom stereocenters. The van der Waals surface area contributed by atoms with Gasteiger partial charge in [0.05, 0.1) is 11.5 Å². The molecule has 1 heterocycles. The number of halogens is 4. The van der Waals surface area contributed by atoms with Crippen LogP contribution in [0.2, 0.25) is 0 Å². The van der Waals surface area contributed by atoms with Gasteiger partial charge in [0.25, 0.3) is 0 Å². The summed E-state index contributed by atoms with van der Waals surface area (Å²) in [6.07, 6.45) is 1.14. The van der Waals surface area contributed by atoms with Gasteiger partial charge in [-0.15, -0.1) is 0 Å². The Bertz CT molecular complexity index is 1330. The average molecular weight is 561 g/mol. The Balaban J connectivity index is 1.41. The summed E-state index contributed by atoms with van der Waals surface area (Å²) in [5.74, 6) is -3.32. The number of alkyl halides is 2. The molecule has 4 aliphatic carbocycles. The number of aliphatic hydroxyl groups excluding tert-OH is 1. The number of carbonyl (C=O) groups is 2. The van der Waals surface area contributed by atoms with Gasteiger partial charge in [-0.3, -0.25) is 14.5 Å². The van der Waals surface area contributed by atoms with Gasteiger partial charge >= 0.3 is 0 Å². The summed E-state index contributed by atoms with van der Waals surface area (Å²) in [6, 6.07) is 3.38. The highest BCUT2D eigenvalue weighted by Gasteiger charge is 2.78. The summed E-state index contributed by atoms with van der Waals surface area (Å²) in [5, 5.41) is 11.7. The van der Waals surface area contributed by atoms with E-state index in [0.29, 0.717) is 18.5 Å². The fourth-order valence-electron chi connectivity index (χ4n) is 9.71. The van der Waals surface area contributed by atoms with Crippen LogP contribution in [-0.2, 0) is 16.1 Å². The van der Waals surface area contributed by atoms with Gasteiger partial charge in [0.2, 0.25) is 5.91 Å². The molecule has 1 amide bonds. The van der Waals surface area contributed by atoms with E-state index in [-0.39, 0.29) is 49.2 Å². The number of aliphatic hydroxyl groups is 1. The lowest BCUT2D eigenvalue weighted by atomic mass is 9.43. The minimum Gasteiger partial charge on any atom is -0.390 e. The maximum absolute atomic E-state index is 17.5. The van der Waals surface area contributed by atoms with Crippen molar-refractivity contribution in [1.29, 1.82) is 0 Å². The molecular weight excluding hydrogens is 524 g/mol. The third-order valence-electron chi connectivity index (χ3n) is 11.3. The predicted octanol–water partition coefficient (Wildman–Crippen LogP) is 4.40. The highest BCUT2D eigenvalue weighted by atomic mass is 19.2. The summed E-state index contributed by atoms with van der Waals surface area (Å²) < 4.78 is 61.2. The van der Waals surface area contributed by atoms with E-state index in [0.717, 1.165) is 6.07 Å². The van der Waals surface area contributed by atoms with E-state index in [1.807, 2.05) is 11.8 Å². The first-order valence-electron chi connectivity index (χ1n) is 14.0. The number of benzene rings is 1. The van der Waals surface area contributed by atoms with Crippen molar-refractivity contribution in [3.05, 3.63) is 59.2 Å². The van der Waals surface area contributed by atoms with Crippen molar-refractivity contribution in [2.24, 2.45) is 34.0 Å². The number of likely N-dealkylation sites (tertiary alicyclic amines) is 1. The van der Waals surface area contributed by atoms with Gasteiger partial charge < -0.3 is 10.0 Å². The van der Waals surface area contributed by atoms with Crippen LogP contribution in [0.25, 0.3) is 0 Å². The maximum Gasteiger partial charge on any atom is 0.230 e. The molecule has 1 saturated heterocycles. The van der Waals surface area contributed by atoms with Crippen molar-refractivity contribution in [2.75, 3.05) is 27.2 Å². The zero-order valence-electron chi connectivity index (χ0n) is 23.3. The van der Waals surface area contributed by atoms with Crippen molar-refractivity contribution in [3.8, 4) is 0 Å². The lowest BCUT2D eigenvalue weighted by Gasteiger charge is -2.63. The van der Waals surface area contributed by atoms with Crippen LogP contribution >= 0.6 is 0 Å². The highest BCUT2D eigenvalue weighted by molar-refractivity contribution is 6.01. The van der Waals surface area contributed by atoms with Crippen molar-refractivity contribution in [3.63, 3.8) is 0 Å². The van der Waals surface area contributed by atoms with E-state index in [9.17, 15) is 23.5 Å².